The Kier molecular flexibility index (Phi) is 6.02. The number of rotatable bonds is 5. The number of hydrogen-bond donors (Lipinski definition) is 0. The normalized spacial score (nSPS) is 29.7. The average Bonchev–Trinajstić information content (AvgIpc) is 2.61. The minimum Gasteiger partial charge on any atom is -0.353 e. The lowest BCUT2D eigenvalue weighted by Crippen LogP contribution is -2.25. The van der Waals surface area contributed by atoms with E-state index in [0.29, 0.717) is 13.2 Å². The molecule has 3 rings (SSSR count). The summed E-state index contributed by atoms with van der Waals surface area (Å²) >= 11 is 0. The van der Waals surface area contributed by atoms with Crippen molar-refractivity contribution in [3.63, 3.8) is 0 Å². The lowest BCUT2D eigenvalue weighted by Gasteiger charge is -2.29. The van der Waals surface area contributed by atoms with Gasteiger partial charge in [0.05, 0.1) is 19.3 Å². The third kappa shape index (κ3) is 4.65. The molecule has 0 bridgehead atoms. The van der Waals surface area contributed by atoms with Gasteiger partial charge in [0.1, 0.15) is 0 Å². The van der Waals surface area contributed by atoms with Gasteiger partial charge in [-0.2, -0.15) is 0 Å². The summed E-state index contributed by atoms with van der Waals surface area (Å²) in [6.07, 6.45) is 8.07. The molecule has 2 fully saturated rings. The summed E-state index contributed by atoms with van der Waals surface area (Å²) in [7, 11) is 0. The van der Waals surface area contributed by atoms with E-state index in [2.05, 4.69) is 6.08 Å². The van der Waals surface area contributed by atoms with Crippen molar-refractivity contribution >= 4 is 0 Å². The Morgan fingerprint density at radius 1 is 1.05 bits per heavy atom. The predicted molar refractivity (Wildman–Crippen MR) is 83.3 cm³/mol. The fourth-order valence-electron chi connectivity index (χ4n) is 2.70. The highest BCUT2D eigenvalue weighted by Gasteiger charge is 2.22. The first-order valence-electron chi connectivity index (χ1n) is 8.14. The van der Waals surface area contributed by atoms with Crippen LogP contribution < -0.4 is 0 Å². The smallest absolute Gasteiger partial charge is 0.184 e. The van der Waals surface area contributed by atoms with Crippen LogP contribution in [0.3, 0.4) is 0 Å². The molecule has 0 amide bonds. The summed E-state index contributed by atoms with van der Waals surface area (Å²) in [5.74, 6) is 0. The maximum absolute atomic E-state index is 5.97. The Morgan fingerprint density at radius 2 is 1.95 bits per heavy atom. The molecule has 2 saturated heterocycles. The van der Waals surface area contributed by atoms with Crippen LogP contribution in [-0.2, 0) is 18.9 Å². The summed E-state index contributed by atoms with van der Waals surface area (Å²) in [5, 5.41) is 0. The monoisotopic (exact) mass is 304 g/mol. The standard InChI is InChI=1S/C18H24O4/c1-2-7-15(8-3-1)18-21-14-11-16(22-18)9-6-13-20-17-10-4-5-12-19-17/h1-3,6-9,16-18H,4-5,10-14H2/b9-6+/t16-,17?,18+/m1/s1. The highest BCUT2D eigenvalue weighted by Crippen LogP contribution is 2.26. The summed E-state index contributed by atoms with van der Waals surface area (Å²) < 4.78 is 22.9. The van der Waals surface area contributed by atoms with E-state index in [1.807, 2.05) is 36.4 Å². The van der Waals surface area contributed by atoms with Crippen LogP contribution in [0, 0.1) is 0 Å². The van der Waals surface area contributed by atoms with Crippen LogP contribution in [0.5, 0.6) is 0 Å². The summed E-state index contributed by atoms with van der Waals surface area (Å²) in [4.78, 5) is 0. The Morgan fingerprint density at radius 3 is 2.77 bits per heavy atom. The molecule has 4 heteroatoms. The summed E-state index contributed by atoms with van der Waals surface area (Å²) in [6, 6.07) is 10.0. The molecule has 1 unspecified atom stereocenters. The maximum Gasteiger partial charge on any atom is 0.184 e. The first kappa shape index (κ1) is 15.7. The average molecular weight is 304 g/mol. The molecule has 0 N–H and O–H groups in total. The largest absolute Gasteiger partial charge is 0.353 e. The minimum absolute atomic E-state index is 0.0360. The van der Waals surface area contributed by atoms with E-state index >= 15 is 0 Å². The van der Waals surface area contributed by atoms with Gasteiger partial charge in [-0.15, -0.1) is 0 Å². The van der Waals surface area contributed by atoms with Crippen molar-refractivity contribution in [3.05, 3.63) is 48.0 Å². The summed E-state index contributed by atoms with van der Waals surface area (Å²) in [6.45, 7) is 2.10. The van der Waals surface area contributed by atoms with Gasteiger partial charge >= 0.3 is 0 Å². The van der Waals surface area contributed by atoms with E-state index in [1.165, 1.54) is 6.42 Å². The summed E-state index contributed by atoms with van der Waals surface area (Å²) in [5.41, 5.74) is 1.06. The van der Waals surface area contributed by atoms with Gasteiger partial charge < -0.3 is 18.9 Å². The molecule has 120 valence electrons. The van der Waals surface area contributed by atoms with Gasteiger partial charge in [-0.1, -0.05) is 42.5 Å². The SMILES string of the molecule is C(=C\[C@@H]1CCO[C@H](c2ccccc2)O1)/COC1CCCCO1. The van der Waals surface area contributed by atoms with E-state index in [-0.39, 0.29) is 18.7 Å². The van der Waals surface area contributed by atoms with Crippen molar-refractivity contribution in [2.45, 2.75) is 44.4 Å². The second-order valence-electron chi connectivity index (χ2n) is 5.63. The molecule has 4 nitrogen and oxygen atoms in total. The van der Waals surface area contributed by atoms with Crippen LogP contribution in [0.4, 0.5) is 0 Å². The third-order valence-electron chi connectivity index (χ3n) is 3.91. The van der Waals surface area contributed by atoms with Crippen LogP contribution in [0.25, 0.3) is 0 Å². The van der Waals surface area contributed by atoms with Crippen molar-refractivity contribution in [2.24, 2.45) is 0 Å². The fourth-order valence-corrected chi connectivity index (χ4v) is 2.70. The van der Waals surface area contributed by atoms with Crippen molar-refractivity contribution < 1.29 is 18.9 Å². The van der Waals surface area contributed by atoms with Crippen LogP contribution in [0.2, 0.25) is 0 Å². The third-order valence-corrected chi connectivity index (χ3v) is 3.91. The van der Waals surface area contributed by atoms with E-state index in [4.69, 9.17) is 18.9 Å². The number of ether oxygens (including phenoxy) is 4. The molecule has 3 atom stereocenters. The van der Waals surface area contributed by atoms with Gasteiger partial charge in [0.25, 0.3) is 0 Å². The number of hydrogen-bond acceptors (Lipinski definition) is 4. The Labute approximate surface area is 132 Å². The van der Waals surface area contributed by atoms with Crippen LogP contribution in [0.1, 0.15) is 37.5 Å². The van der Waals surface area contributed by atoms with Crippen molar-refractivity contribution in [1.29, 1.82) is 0 Å². The minimum atomic E-state index is -0.271. The van der Waals surface area contributed by atoms with Gasteiger partial charge in [-0.3, -0.25) is 0 Å². The molecular weight excluding hydrogens is 280 g/mol. The molecule has 0 aromatic heterocycles. The first-order chi connectivity index (χ1) is 10.9. The molecule has 0 saturated carbocycles. The molecule has 0 radical (unpaired) electrons. The van der Waals surface area contributed by atoms with E-state index < -0.39 is 0 Å². The zero-order valence-corrected chi connectivity index (χ0v) is 12.9. The second-order valence-corrected chi connectivity index (χ2v) is 5.63. The lowest BCUT2D eigenvalue weighted by molar-refractivity contribution is -0.205. The molecular formula is C18H24O4. The zero-order valence-electron chi connectivity index (χ0n) is 12.9. The van der Waals surface area contributed by atoms with Crippen LogP contribution >= 0.6 is 0 Å². The topological polar surface area (TPSA) is 36.9 Å². The van der Waals surface area contributed by atoms with Crippen molar-refractivity contribution in [2.75, 3.05) is 19.8 Å². The molecule has 22 heavy (non-hydrogen) atoms. The first-order valence-corrected chi connectivity index (χ1v) is 8.14. The van der Waals surface area contributed by atoms with Crippen LogP contribution in [0.15, 0.2) is 42.5 Å². The molecule has 0 aliphatic carbocycles. The van der Waals surface area contributed by atoms with Crippen molar-refractivity contribution in [3.8, 4) is 0 Å². The van der Waals surface area contributed by atoms with Gasteiger partial charge in [0.2, 0.25) is 0 Å². The lowest BCUT2D eigenvalue weighted by atomic mass is 10.1. The van der Waals surface area contributed by atoms with E-state index in [0.717, 1.165) is 31.4 Å². The van der Waals surface area contributed by atoms with Gasteiger partial charge in [-0.05, 0) is 19.3 Å². The van der Waals surface area contributed by atoms with Gasteiger partial charge in [0, 0.05) is 18.6 Å². The Bertz CT molecular complexity index is 453. The molecule has 0 spiro atoms. The fraction of sp³-hybridized carbons (Fsp3) is 0.556. The molecule has 2 aliphatic rings. The Hall–Kier alpha value is -1.20. The second kappa shape index (κ2) is 8.44. The number of benzene rings is 1. The van der Waals surface area contributed by atoms with Crippen LogP contribution in [-0.4, -0.2) is 32.2 Å². The van der Waals surface area contributed by atoms with Gasteiger partial charge in [-0.25, -0.2) is 0 Å². The van der Waals surface area contributed by atoms with E-state index in [1.54, 1.807) is 0 Å². The maximum atomic E-state index is 5.97. The van der Waals surface area contributed by atoms with Gasteiger partial charge in [0.15, 0.2) is 12.6 Å². The predicted octanol–water partition coefficient (Wildman–Crippen LogP) is 3.59. The molecule has 1 aromatic carbocycles. The molecule has 2 heterocycles. The quantitative estimate of drug-likeness (QED) is 0.779. The zero-order chi connectivity index (χ0) is 15.0. The molecule has 2 aliphatic heterocycles. The van der Waals surface area contributed by atoms with Crippen molar-refractivity contribution in [1.82, 2.24) is 0 Å². The Balaban J connectivity index is 1.43. The highest BCUT2D eigenvalue weighted by atomic mass is 16.7. The highest BCUT2D eigenvalue weighted by molar-refractivity contribution is 5.16. The molecule has 1 aromatic rings. The van der Waals surface area contributed by atoms with E-state index in [9.17, 15) is 0 Å².